The molecule has 0 aromatic heterocycles. The molecule has 0 aliphatic carbocycles. The molecule has 4 rings (SSSR count). The highest BCUT2D eigenvalue weighted by atomic mass is 35.6. The Hall–Kier alpha value is -2.12. The molecule has 1 amide bonds. The number of ether oxygens (including phenoxy) is 3. The molecule has 288 valence electrons. The van der Waals surface area contributed by atoms with Crippen LogP contribution in [0.1, 0.15) is 90.7 Å². The van der Waals surface area contributed by atoms with Gasteiger partial charge in [0.05, 0.1) is 38.1 Å². The number of phosphoric ester groups is 1. The Bertz CT molecular complexity index is 1070. The maximum atomic E-state index is 11.3. The van der Waals surface area contributed by atoms with E-state index in [1.165, 1.54) is 24.0 Å². The van der Waals surface area contributed by atoms with Crippen LogP contribution in [0.3, 0.4) is 0 Å². The van der Waals surface area contributed by atoms with Crippen LogP contribution in [-0.4, -0.2) is 80.1 Å². The standard InChI is InChI=1S/C8H10.C6H15O4P.C5H6N2.C5H9NO.C5H10O.C4H6O3.CHCl3/c1-7-5-3-4-6-8(7)2;1-4-8-11(7,9-5-2)10-6-3;6-4-2-1-3-5-7;1-6-4-2-3-5(6)7;1-5-3-2-4-6-5;1-3-2-6-4(5)7-3;2-1(3)4/h3-6H,1-2H3;4-6H2,1-3H3;1-3H2;2-4H2,1H3;5H,2-4H2,1H3;3H,2H2,1H3;1H. The number of rotatable bonds is 8. The van der Waals surface area contributed by atoms with Crippen LogP contribution < -0.4 is 0 Å². The van der Waals surface area contributed by atoms with E-state index in [4.69, 9.17) is 63.6 Å². The van der Waals surface area contributed by atoms with Crippen LogP contribution in [0.15, 0.2) is 24.3 Å². The van der Waals surface area contributed by atoms with Crippen molar-refractivity contribution >= 4 is 54.7 Å². The second-order valence-corrected chi connectivity index (χ2v) is 14.1. The lowest BCUT2D eigenvalue weighted by Gasteiger charge is -2.14. The molecule has 2 unspecified atom stereocenters. The molecule has 3 fully saturated rings. The van der Waals surface area contributed by atoms with Gasteiger partial charge >= 0.3 is 14.0 Å². The van der Waals surface area contributed by atoms with E-state index in [1.54, 1.807) is 32.6 Å². The lowest BCUT2D eigenvalue weighted by Crippen LogP contribution is -2.17. The maximum absolute atomic E-state index is 11.3. The first-order chi connectivity index (χ1) is 23.6. The number of halogens is 3. The van der Waals surface area contributed by atoms with Crippen LogP contribution in [0.5, 0.6) is 0 Å². The molecule has 0 bridgehead atoms. The molecule has 0 N–H and O–H groups in total. The van der Waals surface area contributed by atoms with Crippen LogP contribution in [0.2, 0.25) is 0 Å². The fourth-order valence-corrected chi connectivity index (χ4v) is 4.61. The zero-order chi connectivity index (χ0) is 38.8. The monoisotopic (exact) mass is 787 g/mol. The number of alkyl halides is 3. The van der Waals surface area contributed by atoms with Gasteiger partial charge in [-0.2, -0.15) is 10.5 Å². The normalized spacial score (nSPS) is 17.0. The topological polar surface area (TPSA) is 157 Å². The van der Waals surface area contributed by atoms with Crippen LogP contribution in [0.25, 0.3) is 0 Å². The first kappa shape index (κ1) is 52.2. The Morgan fingerprint density at radius 2 is 1.40 bits per heavy atom. The van der Waals surface area contributed by atoms with Gasteiger partial charge in [-0.15, -0.1) is 0 Å². The molecular formula is C34H57Cl3N3O9P. The van der Waals surface area contributed by atoms with Crippen molar-refractivity contribution < 1.29 is 41.9 Å². The van der Waals surface area contributed by atoms with Gasteiger partial charge in [0, 0.05) is 39.5 Å². The number of nitriles is 2. The van der Waals surface area contributed by atoms with Crippen molar-refractivity contribution in [3.05, 3.63) is 35.4 Å². The summed E-state index contributed by atoms with van der Waals surface area (Å²) in [6.45, 7) is 16.7. The number of hydrogen-bond donors (Lipinski definition) is 0. The molecule has 0 saturated carbocycles. The maximum Gasteiger partial charge on any atom is 0.508 e. The lowest BCUT2D eigenvalue weighted by molar-refractivity contribution is -0.126. The average molecular weight is 789 g/mol. The number of cyclic esters (lactones) is 2. The Kier molecular flexibility index (Phi) is 36.9. The molecule has 50 heavy (non-hydrogen) atoms. The van der Waals surface area contributed by atoms with E-state index in [0.717, 1.165) is 26.0 Å². The third-order valence-corrected chi connectivity index (χ3v) is 7.79. The molecular weight excluding hydrogens is 732 g/mol. The Labute approximate surface area is 315 Å². The minimum atomic E-state index is -3.22. The number of carbonyl (C=O) groups excluding carboxylic acids is 2. The predicted octanol–water partition coefficient (Wildman–Crippen LogP) is 9.66. The molecule has 0 radical (unpaired) electrons. The van der Waals surface area contributed by atoms with Crippen molar-refractivity contribution in [1.29, 1.82) is 10.5 Å². The van der Waals surface area contributed by atoms with Gasteiger partial charge in [0.15, 0.2) is 4.30 Å². The third kappa shape index (κ3) is 35.7. The lowest BCUT2D eigenvalue weighted by atomic mass is 10.1. The SMILES string of the molecule is CC1CCCO1.CC1COC(=O)O1.CCOP(=O)(OCC)OCC.CN1CCCC1=O.Cc1ccccc1C.ClC(Cl)Cl.N#CCCCC#N. The molecule has 3 saturated heterocycles. The number of unbranched alkanes of at least 4 members (excludes halogenated alkanes) is 2. The van der Waals surface area contributed by atoms with Crippen LogP contribution >= 0.6 is 42.6 Å². The van der Waals surface area contributed by atoms with Crippen molar-refractivity contribution in [2.45, 2.75) is 110 Å². The van der Waals surface area contributed by atoms with Gasteiger partial charge in [-0.05, 0) is 85.3 Å². The van der Waals surface area contributed by atoms with Crippen molar-refractivity contribution in [1.82, 2.24) is 4.90 Å². The largest absolute Gasteiger partial charge is 0.508 e. The van der Waals surface area contributed by atoms with Gasteiger partial charge in [-0.3, -0.25) is 18.4 Å². The van der Waals surface area contributed by atoms with E-state index >= 15 is 0 Å². The van der Waals surface area contributed by atoms with E-state index < -0.39 is 18.3 Å². The molecule has 1 aromatic carbocycles. The number of hydrogen-bond acceptors (Lipinski definition) is 11. The molecule has 3 aliphatic rings. The highest BCUT2D eigenvalue weighted by Crippen LogP contribution is 2.48. The highest BCUT2D eigenvalue weighted by molar-refractivity contribution is 7.48. The van der Waals surface area contributed by atoms with Gasteiger partial charge < -0.3 is 19.1 Å². The summed E-state index contributed by atoms with van der Waals surface area (Å²) < 4.78 is 39.1. The molecule has 3 aliphatic heterocycles. The van der Waals surface area contributed by atoms with Gasteiger partial charge in [0.2, 0.25) is 5.91 Å². The Balaban J connectivity index is -0.000000523. The van der Waals surface area contributed by atoms with Crippen molar-refractivity contribution in [2.24, 2.45) is 0 Å². The Morgan fingerprint density at radius 3 is 1.58 bits per heavy atom. The van der Waals surface area contributed by atoms with Gasteiger partial charge in [-0.1, -0.05) is 59.1 Å². The molecule has 1 aromatic rings. The smallest absolute Gasteiger partial charge is 0.430 e. The number of benzene rings is 1. The fourth-order valence-electron chi connectivity index (χ4n) is 3.43. The minimum absolute atomic E-state index is 0.0486. The number of amides is 1. The van der Waals surface area contributed by atoms with E-state index in [9.17, 15) is 14.2 Å². The zero-order valence-electron chi connectivity index (χ0n) is 30.8. The number of likely N-dealkylation sites (tertiary alicyclic amines) is 1. The van der Waals surface area contributed by atoms with E-state index in [1.807, 2.05) is 19.2 Å². The molecule has 2 atom stereocenters. The molecule has 0 spiro atoms. The summed E-state index contributed by atoms with van der Waals surface area (Å²) in [6, 6.07) is 12.3. The summed E-state index contributed by atoms with van der Waals surface area (Å²) in [5.74, 6) is 0.292. The second kappa shape index (κ2) is 35.3. The molecule has 3 heterocycles. The third-order valence-electron chi connectivity index (χ3n) is 6.06. The van der Waals surface area contributed by atoms with Crippen LogP contribution in [0.4, 0.5) is 4.79 Å². The molecule has 12 nitrogen and oxygen atoms in total. The zero-order valence-corrected chi connectivity index (χ0v) is 34.0. The fraction of sp³-hybridized carbons (Fsp3) is 0.706. The Morgan fingerprint density at radius 1 is 0.920 bits per heavy atom. The predicted molar refractivity (Wildman–Crippen MR) is 198 cm³/mol. The number of carbonyl (C=O) groups is 2. The highest BCUT2D eigenvalue weighted by Gasteiger charge is 2.23. The van der Waals surface area contributed by atoms with E-state index in [-0.39, 0.29) is 6.10 Å². The van der Waals surface area contributed by atoms with E-state index in [0.29, 0.717) is 57.7 Å². The van der Waals surface area contributed by atoms with Crippen molar-refractivity contribution in [3.63, 3.8) is 0 Å². The second-order valence-electron chi connectivity index (χ2n) is 10.4. The van der Waals surface area contributed by atoms with Crippen molar-refractivity contribution in [2.75, 3.05) is 46.6 Å². The first-order valence-electron chi connectivity index (χ1n) is 16.5. The summed E-state index contributed by atoms with van der Waals surface area (Å²) in [4.78, 5) is 22.3. The van der Waals surface area contributed by atoms with E-state index in [2.05, 4.69) is 54.5 Å². The number of nitrogens with zero attached hydrogens (tertiary/aromatic N) is 3. The molecule has 16 heteroatoms. The van der Waals surface area contributed by atoms with Crippen molar-refractivity contribution in [3.8, 4) is 12.1 Å². The van der Waals surface area contributed by atoms with Crippen LogP contribution in [-0.2, 0) is 37.1 Å². The summed E-state index contributed by atoms with van der Waals surface area (Å²) >= 11 is 14.4. The summed E-state index contributed by atoms with van der Waals surface area (Å²) in [6.07, 6.45) is 6.02. The van der Waals surface area contributed by atoms with Gasteiger partial charge in [0.1, 0.15) is 12.7 Å². The number of aryl methyl sites for hydroxylation is 2. The summed E-state index contributed by atoms with van der Waals surface area (Å²) in [5, 5.41) is 15.9. The minimum Gasteiger partial charge on any atom is -0.430 e. The van der Waals surface area contributed by atoms with Crippen LogP contribution in [0, 0.1) is 36.5 Å². The summed E-state index contributed by atoms with van der Waals surface area (Å²) in [7, 11) is -1.38. The van der Waals surface area contributed by atoms with Gasteiger partial charge in [0.25, 0.3) is 0 Å². The summed E-state index contributed by atoms with van der Waals surface area (Å²) in [5.41, 5.74) is 2.74. The quantitative estimate of drug-likeness (QED) is 0.107. The first-order valence-corrected chi connectivity index (χ1v) is 19.3. The van der Waals surface area contributed by atoms with Gasteiger partial charge in [-0.25, -0.2) is 9.36 Å². The number of phosphoric acid groups is 1. The average Bonchev–Trinajstić information content (AvgIpc) is 3.79.